The summed E-state index contributed by atoms with van der Waals surface area (Å²) < 4.78 is 31.8. The number of aromatic nitrogens is 3. The molecule has 4 aromatic rings. The van der Waals surface area contributed by atoms with Crippen LogP contribution >= 0.6 is 0 Å². The minimum atomic E-state index is -1.08. The molecule has 6 nitrogen and oxygen atoms in total. The molecule has 0 aliphatic carbocycles. The van der Waals surface area contributed by atoms with Crippen molar-refractivity contribution < 1.29 is 18.1 Å². The summed E-state index contributed by atoms with van der Waals surface area (Å²) in [5.41, 5.74) is 1.96. The van der Waals surface area contributed by atoms with Gasteiger partial charge in [0.25, 0.3) is 5.91 Å². The maximum absolute atomic E-state index is 13.4. The molecule has 1 N–H and O–H groups in total. The van der Waals surface area contributed by atoms with Crippen LogP contribution in [0.3, 0.4) is 0 Å². The lowest BCUT2D eigenvalue weighted by atomic mass is 10.1. The summed E-state index contributed by atoms with van der Waals surface area (Å²) in [5.74, 6) is -1.88. The minimum Gasteiger partial charge on any atom is -0.339 e. The lowest BCUT2D eigenvalue weighted by molar-refractivity contribution is 0.102. The van der Waals surface area contributed by atoms with Gasteiger partial charge in [0.15, 0.2) is 11.6 Å². The first-order valence-electron chi connectivity index (χ1n) is 8.67. The van der Waals surface area contributed by atoms with Crippen LogP contribution in [0.25, 0.3) is 11.4 Å². The van der Waals surface area contributed by atoms with E-state index in [1.54, 1.807) is 42.7 Å². The Bertz CT molecular complexity index is 1160. The first-order chi connectivity index (χ1) is 14.1. The third-order valence-electron chi connectivity index (χ3n) is 4.18. The Labute approximate surface area is 164 Å². The number of benzene rings is 2. The van der Waals surface area contributed by atoms with Crippen LogP contribution in [0.4, 0.5) is 14.5 Å². The van der Waals surface area contributed by atoms with E-state index in [4.69, 9.17) is 4.52 Å². The molecule has 2 aromatic heterocycles. The number of amides is 1. The number of anilines is 1. The van der Waals surface area contributed by atoms with E-state index in [2.05, 4.69) is 20.4 Å². The molecule has 2 heterocycles. The smallest absolute Gasteiger partial charge is 0.255 e. The Kier molecular flexibility index (Phi) is 5.07. The fraction of sp³-hybridized carbons (Fsp3) is 0.0476. The Hall–Kier alpha value is -3.94. The van der Waals surface area contributed by atoms with E-state index in [1.807, 2.05) is 6.07 Å². The molecule has 0 saturated heterocycles. The second-order valence-corrected chi connectivity index (χ2v) is 6.17. The molecule has 1 amide bonds. The molecular formula is C21H14F2N4O2. The number of rotatable bonds is 5. The number of nitrogens with zero attached hydrogens (tertiary/aromatic N) is 3. The molecular weight excluding hydrogens is 378 g/mol. The molecule has 29 heavy (non-hydrogen) atoms. The summed E-state index contributed by atoms with van der Waals surface area (Å²) in [7, 11) is 0. The van der Waals surface area contributed by atoms with Crippen molar-refractivity contribution in [1.82, 2.24) is 15.1 Å². The van der Waals surface area contributed by atoms with Crippen molar-refractivity contribution in [3.8, 4) is 11.4 Å². The van der Waals surface area contributed by atoms with E-state index in [0.717, 1.165) is 23.3 Å². The maximum Gasteiger partial charge on any atom is 0.255 e. The van der Waals surface area contributed by atoms with Gasteiger partial charge in [-0.3, -0.25) is 9.78 Å². The molecule has 0 spiro atoms. The molecule has 4 rings (SSSR count). The van der Waals surface area contributed by atoms with Gasteiger partial charge in [0.05, 0.1) is 6.42 Å². The third-order valence-corrected chi connectivity index (χ3v) is 4.18. The topological polar surface area (TPSA) is 80.9 Å². The zero-order valence-electron chi connectivity index (χ0n) is 15.0. The van der Waals surface area contributed by atoms with Gasteiger partial charge in [0.1, 0.15) is 0 Å². The van der Waals surface area contributed by atoms with E-state index in [0.29, 0.717) is 17.4 Å². The van der Waals surface area contributed by atoms with Crippen LogP contribution in [-0.2, 0) is 6.42 Å². The molecule has 0 saturated carbocycles. The van der Waals surface area contributed by atoms with Crippen LogP contribution in [0, 0.1) is 11.6 Å². The highest BCUT2D eigenvalue weighted by molar-refractivity contribution is 6.04. The van der Waals surface area contributed by atoms with Crippen molar-refractivity contribution in [2.45, 2.75) is 6.42 Å². The van der Waals surface area contributed by atoms with Crippen molar-refractivity contribution in [2.75, 3.05) is 5.32 Å². The van der Waals surface area contributed by atoms with Crippen molar-refractivity contribution in [3.63, 3.8) is 0 Å². The van der Waals surface area contributed by atoms with Crippen LogP contribution < -0.4 is 5.32 Å². The number of carbonyl (C=O) groups is 1. The molecule has 0 aliphatic heterocycles. The van der Waals surface area contributed by atoms with Crippen molar-refractivity contribution >= 4 is 11.6 Å². The zero-order chi connectivity index (χ0) is 20.2. The lowest BCUT2D eigenvalue weighted by Crippen LogP contribution is -2.14. The number of pyridine rings is 1. The van der Waals surface area contributed by atoms with Gasteiger partial charge in [-0.15, -0.1) is 0 Å². The lowest BCUT2D eigenvalue weighted by Gasteiger charge is -2.10. The number of hydrogen-bond acceptors (Lipinski definition) is 5. The highest BCUT2D eigenvalue weighted by Gasteiger charge is 2.14. The van der Waals surface area contributed by atoms with Gasteiger partial charge in [0, 0.05) is 29.2 Å². The largest absolute Gasteiger partial charge is 0.339 e. The second kappa shape index (κ2) is 7.97. The predicted octanol–water partition coefficient (Wildman–Crippen LogP) is 4.25. The summed E-state index contributed by atoms with van der Waals surface area (Å²) in [5, 5.41) is 6.65. The number of halogens is 2. The van der Waals surface area contributed by atoms with E-state index in [-0.39, 0.29) is 12.0 Å². The molecule has 0 radical (unpaired) electrons. The quantitative estimate of drug-likeness (QED) is 0.549. The molecule has 0 atom stereocenters. The van der Waals surface area contributed by atoms with Gasteiger partial charge in [-0.2, -0.15) is 4.98 Å². The molecule has 2 aromatic carbocycles. The number of hydrogen-bond donors (Lipinski definition) is 1. The Balaban J connectivity index is 1.53. The molecule has 0 fully saturated rings. The van der Waals surface area contributed by atoms with Gasteiger partial charge in [-0.05, 0) is 42.0 Å². The summed E-state index contributed by atoms with van der Waals surface area (Å²) in [6.07, 6.45) is 3.56. The second-order valence-electron chi connectivity index (χ2n) is 6.17. The average Bonchev–Trinajstić information content (AvgIpc) is 3.21. The zero-order valence-corrected chi connectivity index (χ0v) is 15.0. The Morgan fingerprint density at radius 1 is 1.03 bits per heavy atom. The third kappa shape index (κ3) is 4.16. The standard InChI is InChI=1S/C21H14F2N4O2/c22-16-8-7-14(10-17(16)23)21(28)25-18-6-2-1-4-13(18)11-19-26-20(27-29-19)15-5-3-9-24-12-15/h1-10,12H,11H2,(H,25,28). The number of para-hydroxylation sites is 1. The van der Waals surface area contributed by atoms with Crippen molar-refractivity contribution in [2.24, 2.45) is 0 Å². The fourth-order valence-electron chi connectivity index (χ4n) is 2.73. The monoisotopic (exact) mass is 392 g/mol. The summed E-state index contributed by atoms with van der Waals surface area (Å²) in [6, 6.07) is 13.6. The van der Waals surface area contributed by atoms with Crippen LogP contribution in [0.5, 0.6) is 0 Å². The van der Waals surface area contributed by atoms with Crippen LogP contribution in [0.2, 0.25) is 0 Å². The Morgan fingerprint density at radius 3 is 2.69 bits per heavy atom. The highest BCUT2D eigenvalue weighted by Crippen LogP contribution is 2.21. The molecule has 144 valence electrons. The number of carbonyl (C=O) groups excluding carboxylic acids is 1. The normalized spacial score (nSPS) is 10.7. The van der Waals surface area contributed by atoms with Crippen molar-refractivity contribution in [3.05, 3.63) is 95.6 Å². The van der Waals surface area contributed by atoms with E-state index in [9.17, 15) is 13.6 Å². The van der Waals surface area contributed by atoms with Crippen LogP contribution in [0.15, 0.2) is 71.5 Å². The molecule has 8 heteroatoms. The van der Waals surface area contributed by atoms with Crippen LogP contribution in [0.1, 0.15) is 21.8 Å². The van der Waals surface area contributed by atoms with Crippen molar-refractivity contribution in [1.29, 1.82) is 0 Å². The molecule has 0 unspecified atom stereocenters. The summed E-state index contributed by atoms with van der Waals surface area (Å²) >= 11 is 0. The molecule has 0 bridgehead atoms. The van der Waals surface area contributed by atoms with Crippen LogP contribution in [-0.4, -0.2) is 21.0 Å². The minimum absolute atomic E-state index is 0.00959. The first-order valence-corrected chi connectivity index (χ1v) is 8.67. The summed E-state index contributed by atoms with van der Waals surface area (Å²) in [6.45, 7) is 0. The first kappa shape index (κ1) is 18.4. The van der Waals surface area contributed by atoms with Gasteiger partial charge in [0.2, 0.25) is 11.7 Å². The van der Waals surface area contributed by atoms with E-state index in [1.165, 1.54) is 6.07 Å². The Morgan fingerprint density at radius 2 is 1.90 bits per heavy atom. The predicted molar refractivity (Wildman–Crippen MR) is 101 cm³/mol. The average molecular weight is 392 g/mol. The van der Waals surface area contributed by atoms with Gasteiger partial charge >= 0.3 is 0 Å². The summed E-state index contributed by atoms with van der Waals surface area (Å²) in [4.78, 5) is 20.8. The van der Waals surface area contributed by atoms with Gasteiger partial charge in [-0.25, -0.2) is 8.78 Å². The van der Waals surface area contributed by atoms with Gasteiger partial charge < -0.3 is 9.84 Å². The van der Waals surface area contributed by atoms with E-state index < -0.39 is 17.5 Å². The highest BCUT2D eigenvalue weighted by atomic mass is 19.2. The number of nitrogens with one attached hydrogen (secondary N) is 1. The maximum atomic E-state index is 13.4. The van der Waals surface area contributed by atoms with E-state index >= 15 is 0 Å². The SMILES string of the molecule is O=C(Nc1ccccc1Cc1nc(-c2cccnc2)no1)c1ccc(F)c(F)c1. The van der Waals surface area contributed by atoms with Gasteiger partial charge in [-0.1, -0.05) is 23.4 Å². The molecule has 0 aliphatic rings. The fourth-order valence-corrected chi connectivity index (χ4v) is 2.73.